The Hall–Kier alpha value is -0.870. The molecule has 0 radical (unpaired) electrons. The molecule has 0 aromatic carbocycles. The van der Waals surface area contributed by atoms with Crippen molar-refractivity contribution in [3.8, 4) is 0 Å². The highest BCUT2D eigenvalue weighted by molar-refractivity contribution is 6.29. The zero-order valence-corrected chi connectivity index (χ0v) is 10.3. The maximum Gasteiger partial charge on any atom is 0.151 e. The van der Waals surface area contributed by atoms with Crippen LogP contribution in [0.2, 0.25) is 5.15 Å². The van der Waals surface area contributed by atoms with Crippen LogP contribution in [0.5, 0.6) is 0 Å². The predicted molar refractivity (Wildman–Crippen MR) is 63.8 cm³/mol. The number of hydrogen-bond acceptors (Lipinski definition) is 4. The standard InChI is InChI=1S/C11H16ClN3O/c1-8-5-6-15(7-9(8)16-2)11-4-3-10(12)13-14-11/h3-4,8-9H,5-7H2,1-2H3. The first-order chi connectivity index (χ1) is 7.70. The minimum atomic E-state index is 0.270. The molecule has 1 aromatic rings. The Labute approximate surface area is 101 Å². The third-order valence-corrected chi connectivity index (χ3v) is 3.34. The number of aromatic nitrogens is 2. The van der Waals surface area contributed by atoms with Gasteiger partial charge >= 0.3 is 0 Å². The topological polar surface area (TPSA) is 38.2 Å². The molecule has 0 bridgehead atoms. The van der Waals surface area contributed by atoms with Crippen LogP contribution in [0, 0.1) is 5.92 Å². The van der Waals surface area contributed by atoms with Crippen LogP contribution >= 0.6 is 11.6 Å². The Bertz CT molecular complexity index is 344. The van der Waals surface area contributed by atoms with Gasteiger partial charge in [-0.25, -0.2) is 0 Å². The van der Waals surface area contributed by atoms with Crippen LogP contribution in [0.4, 0.5) is 5.82 Å². The summed E-state index contributed by atoms with van der Waals surface area (Å²) in [6, 6.07) is 3.67. The Balaban J connectivity index is 2.08. The van der Waals surface area contributed by atoms with Crippen molar-refractivity contribution in [1.29, 1.82) is 0 Å². The van der Waals surface area contributed by atoms with Gasteiger partial charge in [-0.1, -0.05) is 18.5 Å². The molecule has 1 saturated heterocycles. The van der Waals surface area contributed by atoms with Crippen LogP contribution in [-0.2, 0) is 4.74 Å². The van der Waals surface area contributed by atoms with Gasteiger partial charge in [0.1, 0.15) is 0 Å². The highest BCUT2D eigenvalue weighted by atomic mass is 35.5. The van der Waals surface area contributed by atoms with Gasteiger partial charge in [0.2, 0.25) is 0 Å². The van der Waals surface area contributed by atoms with Crippen molar-refractivity contribution in [2.45, 2.75) is 19.4 Å². The lowest BCUT2D eigenvalue weighted by molar-refractivity contribution is 0.0496. The minimum absolute atomic E-state index is 0.270. The molecule has 2 atom stereocenters. The van der Waals surface area contributed by atoms with Gasteiger partial charge in [0, 0.05) is 20.2 Å². The highest BCUT2D eigenvalue weighted by Gasteiger charge is 2.26. The second kappa shape index (κ2) is 4.97. The SMILES string of the molecule is COC1CN(c2ccc(Cl)nn2)CCC1C. The molecule has 1 fully saturated rings. The number of methoxy groups -OCH3 is 1. The van der Waals surface area contributed by atoms with Gasteiger partial charge in [0.05, 0.1) is 6.10 Å². The molecule has 88 valence electrons. The summed E-state index contributed by atoms with van der Waals surface area (Å²) >= 11 is 5.71. The van der Waals surface area contributed by atoms with E-state index in [1.165, 1.54) is 0 Å². The molecule has 16 heavy (non-hydrogen) atoms. The summed E-state index contributed by atoms with van der Waals surface area (Å²) in [6.07, 6.45) is 1.38. The van der Waals surface area contributed by atoms with Gasteiger partial charge in [-0.05, 0) is 24.5 Å². The molecule has 1 aliphatic heterocycles. The van der Waals surface area contributed by atoms with Crippen molar-refractivity contribution < 1.29 is 4.74 Å². The molecular weight excluding hydrogens is 226 g/mol. The fourth-order valence-electron chi connectivity index (χ4n) is 2.03. The fourth-order valence-corrected chi connectivity index (χ4v) is 2.13. The predicted octanol–water partition coefficient (Wildman–Crippen LogP) is 1.99. The maximum absolute atomic E-state index is 5.71. The van der Waals surface area contributed by atoms with Crippen molar-refractivity contribution in [3.05, 3.63) is 17.3 Å². The lowest BCUT2D eigenvalue weighted by Crippen LogP contribution is -2.44. The average molecular weight is 242 g/mol. The zero-order chi connectivity index (χ0) is 11.5. The van der Waals surface area contributed by atoms with Gasteiger partial charge in [0.15, 0.2) is 11.0 Å². The molecule has 0 aliphatic carbocycles. The van der Waals surface area contributed by atoms with E-state index in [1.807, 2.05) is 6.07 Å². The van der Waals surface area contributed by atoms with E-state index >= 15 is 0 Å². The number of nitrogens with zero attached hydrogens (tertiary/aromatic N) is 3. The summed E-state index contributed by atoms with van der Waals surface area (Å²) in [5.41, 5.74) is 0. The van der Waals surface area contributed by atoms with E-state index < -0.39 is 0 Å². The van der Waals surface area contributed by atoms with Crippen LogP contribution in [0.3, 0.4) is 0 Å². The fraction of sp³-hybridized carbons (Fsp3) is 0.636. The Morgan fingerprint density at radius 3 is 2.88 bits per heavy atom. The van der Waals surface area contributed by atoms with E-state index in [0.717, 1.165) is 25.3 Å². The van der Waals surface area contributed by atoms with E-state index in [4.69, 9.17) is 16.3 Å². The van der Waals surface area contributed by atoms with Crippen molar-refractivity contribution in [2.24, 2.45) is 5.92 Å². The molecule has 2 rings (SSSR count). The minimum Gasteiger partial charge on any atom is -0.379 e. The number of halogens is 1. The molecule has 1 aromatic heterocycles. The molecule has 4 nitrogen and oxygen atoms in total. The number of rotatable bonds is 2. The molecular formula is C11H16ClN3O. The quantitative estimate of drug-likeness (QED) is 0.794. The largest absolute Gasteiger partial charge is 0.379 e. The zero-order valence-electron chi connectivity index (χ0n) is 9.56. The first-order valence-electron chi connectivity index (χ1n) is 5.47. The third-order valence-electron chi connectivity index (χ3n) is 3.13. The van der Waals surface area contributed by atoms with E-state index in [1.54, 1.807) is 13.2 Å². The summed E-state index contributed by atoms with van der Waals surface area (Å²) in [5.74, 6) is 1.47. The smallest absolute Gasteiger partial charge is 0.151 e. The number of anilines is 1. The van der Waals surface area contributed by atoms with Gasteiger partial charge in [-0.15, -0.1) is 10.2 Å². The van der Waals surface area contributed by atoms with Gasteiger partial charge in [-0.3, -0.25) is 0 Å². The van der Waals surface area contributed by atoms with Gasteiger partial charge in [-0.2, -0.15) is 0 Å². The Morgan fingerprint density at radius 1 is 1.44 bits per heavy atom. The number of hydrogen-bond donors (Lipinski definition) is 0. The van der Waals surface area contributed by atoms with Crippen LogP contribution < -0.4 is 4.90 Å². The molecule has 5 heteroatoms. The van der Waals surface area contributed by atoms with Gasteiger partial charge in [0.25, 0.3) is 0 Å². The van der Waals surface area contributed by atoms with Crippen molar-refractivity contribution in [3.63, 3.8) is 0 Å². The monoisotopic (exact) mass is 241 g/mol. The van der Waals surface area contributed by atoms with Crippen molar-refractivity contribution in [2.75, 3.05) is 25.1 Å². The molecule has 2 heterocycles. The lowest BCUT2D eigenvalue weighted by atomic mass is 9.96. The first-order valence-corrected chi connectivity index (χ1v) is 5.85. The van der Waals surface area contributed by atoms with Crippen LogP contribution in [-0.4, -0.2) is 36.5 Å². The van der Waals surface area contributed by atoms with Crippen LogP contribution in [0.1, 0.15) is 13.3 Å². The molecule has 0 amide bonds. The Morgan fingerprint density at radius 2 is 2.25 bits per heavy atom. The Kier molecular flexibility index (Phi) is 3.61. The number of ether oxygens (including phenoxy) is 1. The molecule has 0 saturated carbocycles. The molecule has 2 unspecified atom stereocenters. The second-order valence-corrected chi connectivity index (χ2v) is 4.59. The maximum atomic E-state index is 5.71. The summed E-state index contributed by atoms with van der Waals surface area (Å²) in [6.45, 7) is 4.09. The van der Waals surface area contributed by atoms with Crippen LogP contribution in [0.25, 0.3) is 0 Å². The average Bonchev–Trinajstić information content (AvgIpc) is 2.31. The second-order valence-electron chi connectivity index (χ2n) is 4.20. The first kappa shape index (κ1) is 11.6. The molecule has 0 N–H and O–H groups in total. The van der Waals surface area contributed by atoms with E-state index in [0.29, 0.717) is 11.1 Å². The normalized spacial score (nSPS) is 25.8. The summed E-state index contributed by atoms with van der Waals surface area (Å²) in [5, 5.41) is 8.37. The van der Waals surface area contributed by atoms with Crippen molar-refractivity contribution in [1.82, 2.24) is 10.2 Å². The molecule has 0 spiro atoms. The van der Waals surface area contributed by atoms with Gasteiger partial charge < -0.3 is 9.64 Å². The lowest BCUT2D eigenvalue weighted by Gasteiger charge is -2.36. The summed E-state index contributed by atoms with van der Waals surface area (Å²) < 4.78 is 5.46. The molecule has 1 aliphatic rings. The van der Waals surface area contributed by atoms with Crippen molar-refractivity contribution >= 4 is 17.4 Å². The van der Waals surface area contributed by atoms with E-state index in [-0.39, 0.29) is 6.10 Å². The summed E-state index contributed by atoms with van der Waals surface area (Å²) in [7, 11) is 1.76. The third kappa shape index (κ3) is 2.44. The van der Waals surface area contributed by atoms with E-state index in [9.17, 15) is 0 Å². The highest BCUT2D eigenvalue weighted by Crippen LogP contribution is 2.23. The summed E-state index contributed by atoms with van der Waals surface area (Å²) in [4.78, 5) is 2.19. The van der Waals surface area contributed by atoms with Crippen LogP contribution in [0.15, 0.2) is 12.1 Å². The number of piperidine rings is 1. The van der Waals surface area contributed by atoms with E-state index in [2.05, 4.69) is 22.0 Å².